The third kappa shape index (κ3) is 3.27. The molecule has 0 radical (unpaired) electrons. The molecular weight excluding hydrogens is 210 g/mol. The molecule has 5 nitrogen and oxygen atoms in total. The molecule has 0 aromatic heterocycles. The summed E-state index contributed by atoms with van der Waals surface area (Å²) in [7, 11) is 1.50. The molecular formula is C11H13NO4. The van der Waals surface area contributed by atoms with E-state index in [2.05, 4.69) is 0 Å². The Balaban J connectivity index is 2.64. The summed E-state index contributed by atoms with van der Waals surface area (Å²) in [6, 6.07) is 6.62. The quantitative estimate of drug-likeness (QED) is 0.741. The minimum atomic E-state index is -1.16. The van der Waals surface area contributed by atoms with Crippen LogP contribution in [-0.4, -0.2) is 34.0 Å². The minimum Gasteiger partial charge on any atom is -0.508 e. The molecule has 1 amide bonds. The average molecular weight is 223 g/mol. The van der Waals surface area contributed by atoms with E-state index < -0.39 is 18.3 Å². The second-order valence-electron chi connectivity index (χ2n) is 3.45. The molecule has 1 aromatic rings. The molecule has 0 bridgehead atoms. The zero-order valence-electron chi connectivity index (χ0n) is 8.88. The van der Waals surface area contributed by atoms with E-state index in [1.54, 1.807) is 18.2 Å². The molecule has 0 heterocycles. The van der Waals surface area contributed by atoms with Crippen molar-refractivity contribution in [1.82, 2.24) is 4.90 Å². The van der Waals surface area contributed by atoms with Gasteiger partial charge in [0, 0.05) is 19.2 Å². The van der Waals surface area contributed by atoms with Crippen molar-refractivity contribution >= 4 is 11.9 Å². The van der Waals surface area contributed by atoms with Gasteiger partial charge < -0.3 is 15.1 Å². The molecule has 1 aromatic carbocycles. The van der Waals surface area contributed by atoms with Crippen LogP contribution in [0.4, 0.5) is 0 Å². The summed E-state index contributed by atoms with van der Waals surface area (Å²) in [4.78, 5) is 22.9. The Morgan fingerprint density at radius 1 is 1.31 bits per heavy atom. The summed E-state index contributed by atoms with van der Waals surface area (Å²) in [5, 5.41) is 17.9. The number of amides is 1. The Hall–Kier alpha value is -2.04. The van der Waals surface area contributed by atoms with E-state index in [4.69, 9.17) is 5.11 Å². The van der Waals surface area contributed by atoms with E-state index in [0.717, 1.165) is 0 Å². The predicted molar refractivity (Wildman–Crippen MR) is 56.8 cm³/mol. The zero-order chi connectivity index (χ0) is 12.1. The second-order valence-corrected chi connectivity index (χ2v) is 3.45. The number of phenolic OH excluding ortho intramolecular Hbond substituents is 1. The van der Waals surface area contributed by atoms with Gasteiger partial charge in [-0.1, -0.05) is 18.2 Å². The molecule has 2 N–H and O–H groups in total. The van der Waals surface area contributed by atoms with Crippen molar-refractivity contribution in [3.05, 3.63) is 29.8 Å². The highest BCUT2D eigenvalue weighted by Gasteiger charge is 2.14. The van der Waals surface area contributed by atoms with Crippen molar-refractivity contribution in [3.63, 3.8) is 0 Å². The van der Waals surface area contributed by atoms with Gasteiger partial charge in [0.2, 0.25) is 5.91 Å². The summed E-state index contributed by atoms with van der Waals surface area (Å²) >= 11 is 0. The Labute approximate surface area is 92.9 Å². The van der Waals surface area contributed by atoms with E-state index in [1.165, 1.54) is 18.0 Å². The fraction of sp³-hybridized carbons (Fsp3) is 0.273. The number of carbonyl (C=O) groups is 2. The number of benzene rings is 1. The summed E-state index contributed by atoms with van der Waals surface area (Å²) in [5.74, 6) is -1.55. The van der Waals surface area contributed by atoms with Gasteiger partial charge in [0.15, 0.2) is 0 Å². The standard InChI is InChI=1S/C11H13NO4/c1-12(10(14)6-11(15)16)7-8-4-2-3-5-9(8)13/h2-5,13H,6-7H2,1H3,(H,15,16). The predicted octanol–water partition coefficient (Wildman–Crippen LogP) is 0.825. The Bertz CT molecular complexity index is 403. The molecule has 0 aliphatic rings. The first-order valence-electron chi connectivity index (χ1n) is 4.73. The molecule has 5 heteroatoms. The van der Waals surface area contributed by atoms with Gasteiger partial charge in [-0.2, -0.15) is 0 Å². The molecule has 0 aliphatic heterocycles. The van der Waals surface area contributed by atoms with Crippen LogP contribution >= 0.6 is 0 Å². The highest BCUT2D eigenvalue weighted by Crippen LogP contribution is 2.17. The normalized spacial score (nSPS) is 9.81. The van der Waals surface area contributed by atoms with Gasteiger partial charge in [-0.05, 0) is 6.07 Å². The maximum atomic E-state index is 11.3. The SMILES string of the molecule is CN(Cc1ccccc1O)C(=O)CC(=O)O. The van der Waals surface area contributed by atoms with Crippen LogP contribution < -0.4 is 0 Å². The lowest BCUT2D eigenvalue weighted by Gasteiger charge is -2.16. The van der Waals surface area contributed by atoms with Crippen LogP contribution in [-0.2, 0) is 16.1 Å². The smallest absolute Gasteiger partial charge is 0.312 e. The first-order valence-corrected chi connectivity index (χ1v) is 4.73. The first kappa shape index (κ1) is 12.0. The summed E-state index contributed by atoms with van der Waals surface area (Å²) < 4.78 is 0. The van der Waals surface area contributed by atoms with Crippen molar-refractivity contribution in [1.29, 1.82) is 0 Å². The molecule has 0 spiro atoms. The maximum Gasteiger partial charge on any atom is 0.312 e. The number of aliphatic carboxylic acids is 1. The van der Waals surface area contributed by atoms with Crippen LogP contribution in [0.25, 0.3) is 0 Å². The lowest BCUT2D eigenvalue weighted by atomic mass is 10.2. The molecule has 0 aliphatic carbocycles. The van der Waals surface area contributed by atoms with E-state index in [9.17, 15) is 14.7 Å². The van der Waals surface area contributed by atoms with Gasteiger partial charge in [-0.15, -0.1) is 0 Å². The molecule has 86 valence electrons. The van der Waals surface area contributed by atoms with E-state index in [0.29, 0.717) is 5.56 Å². The largest absolute Gasteiger partial charge is 0.508 e. The van der Waals surface area contributed by atoms with Gasteiger partial charge in [-0.3, -0.25) is 9.59 Å². The number of rotatable bonds is 4. The van der Waals surface area contributed by atoms with Crippen molar-refractivity contribution in [2.24, 2.45) is 0 Å². The van der Waals surface area contributed by atoms with E-state index in [-0.39, 0.29) is 12.3 Å². The lowest BCUT2D eigenvalue weighted by molar-refractivity contribution is -0.143. The number of nitrogens with zero attached hydrogens (tertiary/aromatic N) is 1. The Morgan fingerprint density at radius 3 is 2.50 bits per heavy atom. The van der Waals surface area contributed by atoms with Crippen molar-refractivity contribution in [2.45, 2.75) is 13.0 Å². The molecule has 1 rings (SSSR count). The zero-order valence-corrected chi connectivity index (χ0v) is 8.88. The van der Waals surface area contributed by atoms with Crippen LogP contribution in [0.5, 0.6) is 5.75 Å². The van der Waals surface area contributed by atoms with Crippen LogP contribution in [0.1, 0.15) is 12.0 Å². The topological polar surface area (TPSA) is 77.8 Å². The first-order chi connectivity index (χ1) is 7.50. The fourth-order valence-electron chi connectivity index (χ4n) is 1.25. The van der Waals surface area contributed by atoms with Gasteiger partial charge in [0.05, 0.1) is 0 Å². The van der Waals surface area contributed by atoms with Crippen LogP contribution in [0, 0.1) is 0 Å². The van der Waals surface area contributed by atoms with Gasteiger partial charge in [0.25, 0.3) is 0 Å². The van der Waals surface area contributed by atoms with Gasteiger partial charge >= 0.3 is 5.97 Å². The third-order valence-electron chi connectivity index (χ3n) is 2.13. The molecule has 0 saturated heterocycles. The van der Waals surface area contributed by atoms with Crippen LogP contribution in [0.2, 0.25) is 0 Å². The van der Waals surface area contributed by atoms with Crippen LogP contribution in [0.15, 0.2) is 24.3 Å². The second kappa shape index (κ2) is 5.16. The van der Waals surface area contributed by atoms with Crippen molar-refractivity contribution < 1.29 is 19.8 Å². The fourth-order valence-corrected chi connectivity index (χ4v) is 1.25. The highest BCUT2D eigenvalue weighted by atomic mass is 16.4. The summed E-state index contributed by atoms with van der Waals surface area (Å²) in [5.41, 5.74) is 0.587. The number of para-hydroxylation sites is 1. The highest BCUT2D eigenvalue weighted by molar-refractivity contribution is 5.93. The monoisotopic (exact) mass is 223 g/mol. The molecule has 0 saturated carbocycles. The molecule has 16 heavy (non-hydrogen) atoms. The molecule has 0 fully saturated rings. The van der Waals surface area contributed by atoms with Crippen molar-refractivity contribution in [2.75, 3.05) is 7.05 Å². The van der Waals surface area contributed by atoms with E-state index in [1.807, 2.05) is 0 Å². The molecule has 0 unspecified atom stereocenters. The summed E-state index contributed by atoms with van der Waals surface area (Å²) in [6.45, 7) is 0.193. The number of hydrogen-bond acceptors (Lipinski definition) is 3. The Kier molecular flexibility index (Phi) is 3.88. The maximum absolute atomic E-state index is 11.3. The number of phenols is 1. The van der Waals surface area contributed by atoms with Crippen molar-refractivity contribution in [3.8, 4) is 5.75 Å². The van der Waals surface area contributed by atoms with E-state index >= 15 is 0 Å². The number of hydrogen-bond donors (Lipinski definition) is 2. The van der Waals surface area contributed by atoms with Crippen LogP contribution in [0.3, 0.4) is 0 Å². The average Bonchev–Trinajstić information content (AvgIpc) is 2.20. The lowest BCUT2D eigenvalue weighted by Crippen LogP contribution is -2.28. The number of carboxylic acids is 1. The number of carbonyl (C=O) groups excluding carboxylic acids is 1. The van der Waals surface area contributed by atoms with Gasteiger partial charge in [-0.25, -0.2) is 0 Å². The Morgan fingerprint density at radius 2 is 1.94 bits per heavy atom. The van der Waals surface area contributed by atoms with Gasteiger partial charge in [0.1, 0.15) is 12.2 Å². The molecule has 0 atom stereocenters. The minimum absolute atomic E-state index is 0.0949. The third-order valence-corrected chi connectivity index (χ3v) is 2.13. The number of aromatic hydroxyl groups is 1. The summed E-state index contributed by atoms with van der Waals surface area (Å²) in [6.07, 6.45) is -0.538. The number of carboxylic acid groups (broad SMARTS) is 1.